The maximum absolute atomic E-state index is 12.9. The molecule has 1 aromatic rings. The van der Waals surface area contributed by atoms with Crippen LogP contribution >= 0.6 is 0 Å². The fraction of sp³-hybridized carbons (Fsp3) is 0.588. The summed E-state index contributed by atoms with van der Waals surface area (Å²) >= 11 is 0. The summed E-state index contributed by atoms with van der Waals surface area (Å²) < 4.78 is 0. The van der Waals surface area contributed by atoms with Gasteiger partial charge in [0.25, 0.3) is 0 Å². The van der Waals surface area contributed by atoms with Crippen molar-refractivity contribution in [3.63, 3.8) is 0 Å². The van der Waals surface area contributed by atoms with Crippen LogP contribution in [0, 0.1) is 11.3 Å². The predicted octanol–water partition coefficient (Wildman–Crippen LogP) is 4.14. The van der Waals surface area contributed by atoms with Crippen LogP contribution in [0.2, 0.25) is 0 Å². The van der Waals surface area contributed by atoms with Crippen LogP contribution in [0.4, 0.5) is 0 Å². The zero-order valence-electron chi connectivity index (χ0n) is 12.2. The van der Waals surface area contributed by atoms with E-state index in [0.717, 1.165) is 12.8 Å². The number of ketones is 1. The van der Waals surface area contributed by atoms with Gasteiger partial charge < -0.3 is 0 Å². The van der Waals surface area contributed by atoms with E-state index in [1.165, 1.54) is 11.1 Å². The van der Waals surface area contributed by atoms with Crippen molar-refractivity contribution in [2.75, 3.05) is 0 Å². The first kappa shape index (κ1) is 13.3. The Labute approximate surface area is 111 Å². The Balaban J connectivity index is 2.44. The van der Waals surface area contributed by atoms with Gasteiger partial charge >= 0.3 is 0 Å². The lowest BCUT2D eigenvalue weighted by molar-refractivity contribution is -0.134. The summed E-state index contributed by atoms with van der Waals surface area (Å²) in [6, 6.07) is 8.43. The maximum atomic E-state index is 12.9. The summed E-state index contributed by atoms with van der Waals surface area (Å²) in [7, 11) is 0. The SMILES string of the molecule is CC(C)CC1(C(=O)C(C)(C)C)Cc2ccccc21. The molecule has 0 saturated carbocycles. The van der Waals surface area contributed by atoms with Gasteiger partial charge in [0, 0.05) is 5.41 Å². The monoisotopic (exact) mass is 244 g/mol. The third-order valence-electron chi connectivity index (χ3n) is 3.90. The molecule has 0 radical (unpaired) electrons. The van der Waals surface area contributed by atoms with Crippen molar-refractivity contribution >= 4 is 5.78 Å². The van der Waals surface area contributed by atoms with Gasteiger partial charge in [-0.25, -0.2) is 0 Å². The van der Waals surface area contributed by atoms with Gasteiger partial charge in [-0.05, 0) is 29.9 Å². The van der Waals surface area contributed by atoms with Crippen LogP contribution in [0.5, 0.6) is 0 Å². The average molecular weight is 244 g/mol. The molecule has 1 aliphatic carbocycles. The molecule has 0 fully saturated rings. The average Bonchev–Trinajstić information content (AvgIpc) is 2.23. The molecule has 0 spiro atoms. The summed E-state index contributed by atoms with van der Waals surface area (Å²) in [5.41, 5.74) is 2.15. The standard InChI is InChI=1S/C17H24O/c1-12(2)10-17(15(18)16(3,4)5)11-13-8-6-7-9-14(13)17/h6-9,12H,10-11H2,1-5H3. The highest BCUT2D eigenvalue weighted by Gasteiger charge is 2.51. The Morgan fingerprint density at radius 1 is 1.28 bits per heavy atom. The van der Waals surface area contributed by atoms with E-state index in [1.807, 2.05) is 20.8 Å². The molecule has 1 heteroatoms. The number of benzene rings is 1. The van der Waals surface area contributed by atoms with E-state index in [0.29, 0.717) is 11.7 Å². The van der Waals surface area contributed by atoms with Crippen LogP contribution in [-0.2, 0) is 16.6 Å². The Bertz CT molecular complexity index is 465. The van der Waals surface area contributed by atoms with E-state index in [-0.39, 0.29) is 10.8 Å². The van der Waals surface area contributed by atoms with Crippen molar-refractivity contribution in [2.24, 2.45) is 11.3 Å². The second kappa shape index (κ2) is 4.22. The number of fused-ring (bicyclic) bond motifs is 1. The van der Waals surface area contributed by atoms with Crippen molar-refractivity contribution in [1.82, 2.24) is 0 Å². The normalized spacial score (nSPS) is 22.6. The first-order chi connectivity index (χ1) is 8.27. The summed E-state index contributed by atoms with van der Waals surface area (Å²) in [5, 5.41) is 0. The Morgan fingerprint density at radius 3 is 2.39 bits per heavy atom. The summed E-state index contributed by atoms with van der Waals surface area (Å²) in [5.74, 6) is 0.951. The van der Waals surface area contributed by atoms with Gasteiger partial charge in [-0.1, -0.05) is 58.9 Å². The molecule has 18 heavy (non-hydrogen) atoms. The third kappa shape index (κ3) is 2.00. The Hall–Kier alpha value is -1.11. The number of hydrogen-bond acceptors (Lipinski definition) is 1. The minimum atomic E-state index is -0.261. The smallest absolute Gasteiger partial charge is 0.149 e. The van der Waals surface area contributed by atoms with E-state index in [9.17, 15) is 4.79 Å². The lowest BCUT2D eigenvalue weighted by atomic mass is 9.54. The van der Waals surface area contributed by atoms with Gasteiger partial charge in [0.15, 0.2) is 0 Å². The van der Waals surface area contributed by atoms with Crippen molar-refractivity contribution < 1.29 is 4.79 Å². The zero-order valence-corrected chi connectivity index (χ0v) is 12.2. The quantitative estimate of drug-likeness (QED) is 0.781. The molecule has 98 valence electrons. The number of Topliss-reactive ketones (excluding diaryl/α,β-unsaturated/α-hetero) is 1. The van der Waals surface area contributed by atoms with Gasteiger partial charge in [-0.3, -0.25) is 4.79 Å². The number of rotatable bonds is 3. The number of hydrogen-bond donors (Lipinski definition) is 0. The van der Waals surface area contributed by atoms with E-state index in [1.54, 1.807) is 0 Å². The van der Waals surface area contributed by atoms with Crippen molar-refractivity contribution in [2.45, 2.75) is 52.9 Å². The summed E-state index contributed by atoms with van der Waals surface area (Å²) in [6.45, 7) is 10.5. The van der Waals surface area contributed by atoms with E-state index in [2.05, 4.69) is 38.1 Å². The highest BCUT2D eigenvalue weighted by atomic mass is 16.1. The lowest BCUT2D eigenvalue weighted by Gasteiger charge is -2.47. The second-order valence-electron chi connectivity index (χ2n) is 7.09. The van der Waals surface area contributed by atoms with Gasteiger partial charge in [-0.2, -0.15) is 0 Å². The van der Waals surface area contributed by atoms with Crippen LogP contribution in [0.15, 0.2) is 24.3 Å². The van der Waals surface area contributed by atoms with Crippen LogP contribution in [-0.4, -0.2) is 5.78 Å². The molecule has 0 aliphatic heterocycles. The third-order valence-corrected chi connectivity index (χ3v) is 3.90. The van der Waals surface area contributed by atoms with Gasteiger partial charge in [-0.15, -0.1) is 0 Å². The lowest BCUT2D eigenvalue weighted by Crippen LogP contribution is -2.51. The molecule has 1 atom stereocenters. The van der Waals surface area contributed by atoms with Crippen molar-refractivity contribution in [3.8, 4) is 0 Å². The van der Waals surface area contributed by atoms with Gasteiger partial charge in [0.05, 0.1) is 5.41 Å². The molecule has 1 aromatic carbocycles. The van der Waals surface area contributed by atoms with Crippen LogP contribution < -0.4 is 0 Å². The molecule has 0 aromatic heterocycles. The summed E-state index contributed by atoms with van der Waals surface area (Å²) in [4.78, 5) is 12.9. The van der Waals surface area contributed by atoms with Crippen LogP contribution in [0.1, 0.15) is 52.2 Å². The fourth-order valence-corrected chi connectivity index (χ4v) is 3.35. The van der Waals surface area contributed by atoms with E-state index >= 15 is 0 Å². The van der Waals surface area contributed by atoms with Gasteiger partial charge in [0.2, 0.25) is 0 Å². The first-order valence-corrected chi connectivity index (χ1v) is 6.91. The maximum Gasteiger partial charge on any atom is 0.149 e. The molecule has 0 amide bonds. The number of carbonyl (C=O) groups is 1. The molecule has 1 aliphatic rings. The Morgan fingerprint density at radius 2 is 1.89 bits per heavy atom. The fourth-order valence-electron chi connectivity index (χ4n) is 3.35. The topological polar surface area (TPSA) is 17.1 Å². The molecular weight excluding hydrogens is 220 g/mol. The van der Waals surface area contributed by atoms with Crippen molar-refractivity contribution in [3.05, 3.63) is 35.4 Å². The minimum Gasteiger partial charge on any atom is -0.298 e. The molecule has 0 bridgehead atoms. The highest BCUT2D eigenvalue weighted by Crippen LogP contribution is 2.49. The van der Waals surface area contributed by atoms with Gasteiger partial charge in [0.1, 0.15) is 5.78 Å². The molecule has 0 saturated heterocycles. The molecule has 0 heterocycles. The van der Waals surface area contributed by atoms with Crippen LogP contribution in [0.3, 0.4) is 0 Å². The second-order valence-corrected chi connectivity index (χ2v) is 7.09. The number of carbonyl (C=O) groups excluding carboxylic acids is 1. The molecule has 2 rings (SSSR count). The largest absolute Gasteiger partial charge is 0.298 e. The molecule has 0 N–H and O–H groups in total. The predicted molar refractivity (Wildman–Crippen MR) is 75.7 cm³/mol. The highest BCUT2D eigenvalue weighted by molar-refractivity contribution is 5.97. The molecule has 1 nitrogen and oxygen atoms in total. The summed E-state index contributed by atoms with van der Waals surface area (Å²) in [6.07, 6.45) is 1.90. The minimum absolute atomic E-state index is 0.219. The first-order valence-electron chi connectivity index (χ1n) is 6.91. The van der Waals surface area contributed by atoms with E-state index < -0.39 is 0 Å². The molecule has 1 unspecified atom stereocenters. The van der Waals surface area contributed by atoms with Crippen LogP contribution in [0.25, 0.3) is 0 Å². The van der Waals surface area contributed by atoms with E-state index in [4.69, 9.17) is 0 Å². The Kier molecular flexibility index (Phi) is 3.12. The van der Waals surface area contributed by atoms with Crippen molar-refractivity contribution in [1.29, 1.82) is 0 Å². The molecular formula is C17H24O. The zero-order chi connectivity index (χ0) is 13.6.